The Balaban J connectivity index is 2.29. The van der Waals surface area contributed by atoms with Gasteiger partial charge in [-0.3, -0.25) is 0 Å². The minimum absolute atomic E-state index is 0.135. The Morgan fingerprint density at radius 2 is 2.00 bits per heavy atom. The standard InChI is InChI=1S/C13H15BrN2O2S2/c1-8-5-11(20(15,17)18)6-12(9(8)2)16-7-10-3-4-13(14)19-10/h3-6,16H,7H2,1-2H3,(H2,15,17,18). The molecule has 0 aliphatic heterocycles. The van der Waals surface area contributed by atoms with Crippen molar-refractivity contribution in [1.82, 2.24) is 0 Å². The summed E-state index contributed by atoms with van der Waals surface area (Å²) in [7, 11) is -3.69. The average Bonchev–Trinajstić information content (AvgIpc) is 2.75. The highest BCUT2D eigenvalue weighted by Gasteiger charge is 2.12. The first-order valence-electron chi connectivity index (χ1n) is 5.89. The van der Waals surface area contributed by atoms with Crippen LogP contribution in [0.4, 0.5) is 5.69 Å². The van der Waals surface area contributed by atoms with Crippen molar-refractivity contribution in [3.63, 3.8) is 0 Å². The second-order valence-electron chi connectivity index (χ2n) is 4.52. The van der Waals surface area contributed by atoms with Gasteiger partial charge in [-0.2, -0.15) is 0 Å². The maximum absolute atomic E-state index is 11.5. The lowest BCUT2D eigenvalue weighted by Gasteiger charge is -2.13. The first kappa shape index (κ1) is 15.5. The van der Waals surface area contributed by atoms with Gasteiger partial charge in [-0.15, -0.1) is 11.3 Å². The third-order valence-electron chi connectivity index (χ3n) is 3.05. The van der Waals surface area contributed by atoms with Crippen LogP contribution in [-0.2, 0) is 16.6 Å². The van der Waals surface area contributed by atoms with Gasteiger partial charge in [0.2, 0.25) is 10.0 Å². The summed E-state index contributed by atoms with van der Waals surface area (Å²) in [6.07, 6.45) is 0. The molecule has 4 nitrogen and oxygen atoms in total. The fourth-order valence-corrected chi connectivity index (χ4v) is 3.85. The summed E-state index contributed by atoms with van der Waals surface area (Å²) >= 11 is 5.06. The van der Waals surface area contributed by atoms with Crippen molar-refractivity contribution >= 4 is 43.0 Å². The highest BCUT2D eigenvalue weighted by atomic mass is 79.9. The molecule has 0 spiro atoms. The van der Waals surface area contributed by atoms with E-state index < -0.39 is 10.0 Å². The number of nitrogens with two attached hydrogens (primary N) is 1. The second kappa shape index (κ2) is 5.85. The van der Waals surface area contributed by atoms with Crippen molar-refractivity contribution in [1.29, 1.82) is 0 Å². The number of anilines is 1. The SMILES string of the molecule is Cc1cc(S(N)(=O)=O)cc(NCc2ccc(Br)s2)c1C. The molecule has 0 radical (unpaired) electrons. The van der Waals surface area contributed by atoms with Crippen LogP contribution in [0.15, 0.2) is 32.9 Å². The predicted octanol–water partition coefficient (Wildman–Crippen LogP) is 3.39. The Labute approximate surface area is 131 Å². The minimum Gasteiger partial charge on any atom is -0.380 e. The molecule has 0 fully saturated rings. The molecule has 1 heterocycles. The Bertz CT molecular complexity index is 739. The van der Waals surface area contributed by atoms with E-state index >= 15 is 0 Å². The fraction of sp³-hybridized carbons (Fsp3) is 0.231. The van der Waals surface area contributed by atoms with Gasteiger partial charge in [-0.25, -0.2) is 13.6 Å². The fourth-order valence-electron chi connectivity index (χ4n) is 1.80. The van der Waals surface area contributed by atoms with Gasteiger partial charge in [-0.1, -0.05) is 0 Å². The van der Waals surface area contributed by atoms with Gasteiger partial charge < -0.3 is 5.32 Å². The molecule has 1 aromatic carbocycles. The number of hydrogen-bond acceptors (Lipinski definition) is 4. The molecule has 2 rings (SSSR count). The number of aryl methyl sites for hydroxylation is 1. The second-order valence-corrected chi connectivity index (χ2v) is 8.63. The lowest BCUT2D eigenvalue weighted by molar-refractivity contribution is 0.597. The Morgan fingerprint density at radius 3 is 2.55 bits per heavy atom. The summed E-state index contributed by atoms with van der Waals surface area (Å²) in [4.78, 5) is 1.30. The van der Waals surface area contributed by atoms with E-state index in [0.29, 0.717) is 6.54 Å². The molecule has 0 aliphatic carbocycles. The number of halogens is 1. The largest absolute Gasteiger partial charge is 0.380 e. The van der Waals surface area contributed by atoms with Crippen molar-refractivity contribution in [2.45, 2.75) is 25.3 Å². The van der Waals surface area contributed by atoms with Gasteiger partial charge in [0.1, 0.15) is 0 Å². The van der Waals surface area contributed by atoms with Crippen LogP contribution in [0.25, 0.3) is 0 Å². The molecule has 1 aromatic heterocycles. The smallest absolute Gasteiger partial charge is 0.238 e. The van der Waals surface area contributed by atoms with Crippen LogP contribution < -0.4 is 10.5 Å². The van der Waals surface area contributed by atoms with Gasteiger partial charge in [0, 0.05) is 17.1 Å². The highest BCUT2D eigenvalue weighted by molar-refractivity contribution is 9.11. The number of nitrogens with one attached hydrogen (secondary N) is 1. The summed E-state index contributed by atoms with van der Waals surface area (Å²) < 4.78 is 24.0. The normalized spacial score (nSPS) is 11.6. The third-order valence-corrected chi connectivity index (χ3v) is 5.57. The van der Waals surface area contributed by atoms with Gasteiger partial charge in [0.25, 0.3) is 0 Å². The maximum atomic E-state index is 11.5. The Hall–Kier alpha value is -0.890. The minimum atomic E-state index is -3.69. The number of benzene rings is 1. The molecule has 0 saturated heterocycles. The van der Waals surface area contributed by atoms with Crippen LogP contribution in [-0.4, -0.2) is 8.42 Å². The molecule has 2 aromatic rings. The van der Waals surface area contributed by atoms with Crippen molar-refractivity contribution in [2.24, 2.45) is 5.14 Å². The number of rotatable bonds is 4. The molecule has 20 heavy (non-hydrogen) atoms. The molecule has 7 heteroatoms. The summed E-state index contributed by atoms with van der Waals surface area (Å²) in [5.74, 6) is 0. The van der Waals surface area contributed by atoms with E-state index in [-0.39, 0.29) is 4.90 Å². The van der Waals surface area contributed by atoms with Crippen LogP contribution in [0.1, 0.15) is 16.0 Å². The van der Waals surface area contributed by atoms with Gasteiger partial charge in [0.15, 0.2) is 0 Å². The highest BCUT2D eigenvalue weighted by Crippen LogP contribution is 2.26. The van der Waals surface area contributed by atoms with Crippen LogP contribution in [0.5, 0.6) is 0 Å². The molecule has 0 unspecified atom stereocenters. The van der Waals surface area contributed by atoms with Crippen LogP contribution in [0.3, 0.4) is 0 Å². The molecule has 3 N–H and O–H groups in total. The molecule has 0 atom stereocenters. The van der Waals surface area contributed by atoms with E-state index in [0.717, 1.165) is 25.5 Å². The zero-order valence-electron chi connectivity index (χ0n) is 11.1. The number of primary sulfonamides is 1. The van der Waals surface area contributed by atoms with Crippen molar-refractivity contribution < 1.29 is 8.42 Å². The first-order valence-corrected chi connectivity index (χ1v) is 9.05. The van der Waals surface area contributed by atoms with Crippen LogP contribution in [0, 0.1) is 13.8 Å². The van der Waals surface area contributed by atoms with Crippen LogP contribution >= 0.6 is 27.3 Å². The number of hydrogen-bond donors (Lipinski definition) is 2. The topological polar surface area (TPSA) is 72.2 Å². The Kier molecular flexibility index (Phi) is 4.53. The molecular weight excluding hydrogens is 360 g/mol. The zero-order chi connectivity index (χ0) is 14.9. The molecular formula is C13H15BrN2O2S2. The molecule has 108 valence electrons. The number of sulfonamides is 1. The molecule has 0 amide bonds. The summed E-state index contributed by atoms with van der Waals surface area (Å²) in [6, 6.07) is 7.19. The Morgan fingerprint density at radius 1 is 1.30 bits per heavy atom. The monoisotopic (exact) mass is 374 g/mol. The molecule has 0 aliphatic rings. The van der Waals surface area contributed by atoms with E-state index in [9.17, 15) is 8.42 Å². The summed E-state index contributed by atoms with van der Waals surface area (Å²) in [6.45, 7) is 4.47. The van der Waals surface area contributed by atoms with E-state index in [1.54, 1.807) is 23.5 Å². The van der Waals surface area contributed by atoms with Gasteiger partial charge in [-0.05, 0) is 65.2 Å². The third kappa shape index (κ3) is 3.60. The summed E-state index contributed by atoms with van der Waals surface area (Å²) in [5.41, 5.74) is 2.71. The predicted molar refractivity (Wildman–Crippen MR) is 86.6 cm³/mol. The van der Waals surface area contributed by atoms with E-state index in [1.807, 2.05) is 26.0 Å². The summed E-state index contributed by atoms with van der Waals surface area (Å²) in [5, 5.41) is 8.46. The lowest BCUT2D eigenvalue weighted by Crippen LogP contribution is -2.13. The maximum Gasteiger partial charge on any atom is 0.238 e. The lowest BCUT2D eigenvalue weighted by atomic mass is 10.1. The quantitative estimate of drug-likeness (QED) is 0.861. The van der Waals surface area contributed by atoms with E-state index in [1.165, 1.54) is 0 Å². The molecule has 0 saturated carbocycles. The zero-order valence-corrected chi connectivity index (χ0v) is 14.3. The van der Waals surface area contributed by atoms with Gasteiger partial charge >= 0.3 is 0 Å². The van der Waals surface area contributed by atoms with E-state index in [2.05, 4.69) is 21.2 Å². The van der Waals surface area contributed by atoms with Crippen molar-refractivity contribution in [3.8, 4) is 0 Å². The van der Waals surface area contributed by atoms with Crippen molar-refractivity contribution in [2.75, 3.05) is 5.32 Å². The molecule has 0 bridgehead atoms. The van der Waals surface area contributed by atoms with E-state index in [4.69, 9.17) is 5.14 Å². The number of thiophene rings is 1. The average molecular weight is 375 g/mol. The van der Waals surface area contributed by atoms with Gasteiger partial charge in [0.05, 0.1) is 8.68 Å². The van der Waals surface area contributed by atoms with Crippen LogP contribution in [0.2, 0.25) is 0 Å². The van der Waals surface area contributed by atoms with Crippen molar-refractivity contribution in [3.05, 3.63) is 44.1 Å². The first-order chi connectivity index (χ1) is 9.27.